The number of carbonyl (C=O) groups excluding carboxylic acids is 1. The predicted molar refractivity (Wildman–Crippen MR) is 93.0 cm³/mol. The van der Waals surface area contributed by atoms with Gasteiger partial charge in [-0.15, -0.1) is 24.0 Å². The second-order valence-electron chi connectivity index (χ2n) is 5.28. The second-order valence-corrected chi connectivity index (χ2v) is 5.28. The van der Waals surface area contributed by atoms with E-state index in [-0.39, 0.29) is 48.0 Å². The maximum Gasteiger partial charge on any atom is 0.435 e. The number of amides is 1. The van der Waals surface area contributed by atoms with Crippen LogP contribution in [0.1, 0.15) is 24.1 Å². The van der Waals surface area contributed by atoms with Crippen molar-refractivity contribution in [2.45, 2.75) is 31.6 Å². The molecule has 1 aliphatic heterocycles. The van der Waals surface area contributed by atoms with Crippen LogP contribution in [0.15, 0.2) is 11.2 Å². The normalized spacial score (nSPS) is 18.6. The number of aryl methyl sites for hydroxylation is 1. The molecule has 136 valence electrons. The molecule has 7 nitrogen and oxygen atoms in total. The van der Waals surface area contributed by atoms with E-state index in [1.807, 2.05) is 0 Å². The Balaban J connectivity index is 0.00000288. The molecule has 2 rings (SSSR count). The zero-order valence-corrected chi connectivity index (χ0v) is 15.6. The van der Waals surface area contributed by atoms with Gasteiger partial charge >= 0.3 is 6.18 Å². The lowest BCUT2D eigenvalue weighted by Gasteiger charge is -2.25. The number of carbonyl (C=O) groups is 1. The Hall–Kier alpha value is -1.53. The van der Waals surface area contributed by atoms with Crippen LogP contribution in [0.4, 0.5) is 13.2 Å². The van der Waals surface area contributed by atoms with E-state index in [2.05, 4.69) is 26.0 Å². The van der Waals surface area contributed by atoms with Gasteiger partial charge in [0.1, 0.15) is 0 Å². The summed E-state index contributed by atoms with van der Waals surface area (Å²) in [6.45, 7) is 0.404. The van der Waals surface area contributed by atoms with Gasteiger partial charge in [-0.25, -0.2) is 0 Å². The van der Waals surface area contributed by atoms with Gasteiger partial charge in [0.25, 0.3) is 0 Å². The number of hydrogen-bond acceptors (Lipinski definition) is 3. The monoisotopic (exact) mass is 460 g/mol. The van der Waals surface area contributed by atoms with Crippen molar-refractivity contribution >= 4 is 35.8 Å². The van der Waals surface area contributed by atoms with Crippen molar-refractivity contribution in [2.75, 3.05) is 13.6 Å². The largest absolute Gasteiger partial charge is 0.435 e. The molecule has 0 saturated carbocycles. The van der Waals surface area contributed by atoms with Crippen molar-refractivity contribution in [3.8, 4) is 0 Å². The highest BCUT2D eigenvalue weighted by Crippen LogP contribution is 2.30. The van der Waals surface area contributed by atoms with E-state index in [4.69, 9.17) is 0 Å². The fourth-order valence-corrected chi connectivity index (χ4v) is 2.33. The van der Waals surface area contributed by atoms with E-state index >= 15 is 0 Å². The highest BCUT2D eigenvalue weighted by molar-refractivity contribution is 14.0. The molecule has 24 heavy (non-hydrogen) atoms. The molecule has 11 heteroatoms. The van der Waals surface area contributed by atoms with Gasteiger partial charge in [0.15, 0.2) is 11.7 Å². The summed E-state index contributed by atoms with van der Waals surface area (Å²) in [5.41, 5.74) is -0.868. The molecule has 1 atom stereocenters. The molecular formula is C13H20F3IN6O. The fourth-order valence-electron chi connectivity index (χ4n) is 2.33. The van der Waals surface area contributed by atoms with Crippen LogP contribution >= 0.6 is 24.0 Å². The molecule has 0 spiro atoms. The predicted octanol–water partition coefficient (Wildman–Crippen LogP) is 1.00. The summed E-state index contributed by atoms with van der Waals surface area (Å²) in [6.07, 6.45) is -2.12. The first-order chi connectivity index (χ1) is 10.8. The first-order valence-corrected chi connectivity index (χ1v) is 7.13. The van der Waals surface area contributed by atoms with Gasteiger partial charge in [0.05, 0.1) is 0 Å². The van der Waals surface area contributed by atoms with Crippen LogP contribution in [0.5, 0.6) is 0 Å². The quantitative estimate of drug-likeness (QED) is 0.357. The van der Waals surface area contributed by atoms with Gasteiger partial charge in [0, 0.05) is 51.4 Å². The van der Waals surface area contributed by atoms with E-state index in [1.54, 1.807) is 0 Å². The molecule has 0 bridgehead atoms. The molecule has 1 aliphatic rings. The van der Waals surface area contributed by atoms with Gasteiger partial charge in [-0.3, -0.25) is 14.5 Å². The minimum Gasteiger partial charge on any atom is -0.354 e. The van der Waals surface area contributed by atoms with Crippen molar-refractivity contribution in [3.05, 3.63) is 17.5 Å². The van der Waals surface area contributed by atoms with Crippen LogP contribution in [0.3, 0.4) is 0 Å². The number of piperidine rings is 1. The Morgan fingerprint density at radius 2 is 2.25 bits per heavy atom. The maximum absolute atomic E-state index is 12.9. The Morgan fingerprint density at radius 1 is 1.54 bits per heavy atom. The van der Waals surface area contributed by atoms with Crippen molar-refractivity contribution in [3.63, 3.8) is 0 Å². The van der Waals surface area contributed by atoms with Crippen molar-refractivity contribution < 1.29 is 18.0 Å². The number of aliphatic imine (C=N–C) groups is 1. The van der Waals surface area contributed by atoms with Crippen LogP contribution in [0.25, 0.3) is 0 Å². The Morgan fingerprint density at radius 3 is 2.79 bits per heavy atom. The van der Waals surface area contributed by atoms with E-state index in [0.29, 0.717) is 25.3 Å². The van der Waals surface area contributed by atoms with Crippen molar-refractivity contribution in [2.24, 2.45) is 12.0 Å². The standard InChI is InChI=1S/C13H19F3N6O.HI/c1-17-12(20-9-3-4-10(23)18-6-9)19-5-8-7-22(2)21-11(8)13(14,15)16;/h7,9H,3-6H2,1-2H3,(H,18,23)(H2,17,19,20);1H. The first kappa shape index (κ1) is 20.5. The molecule has 1 aromatic heterocycles. The number of guanidine groups is 1. The zero-order valence-electron chi connectivity index (χ0n) is 13.3. The summed E-state index contributed by atoms with van der Waals surface area (Å²) in [5, 5.41) is 12.1. The summed E-state index contributed by atoms with van der Waals surface area (Å²) < 4.78 is 39.8. The van der Waals surface area contributed by atoms with Crippen LogP contribution in [0.2, 0.25) is 0 Å². The second kappa shape index (κ2) is 8.53. The first-order valence-electron chi connectivity index (χ1n) is 7.13. The van der Waals surface area contributed by atoms with Gasteiger partial charge < -0.3 is 16.0 Å². The lowest BCUT2D eigenvalue weighted by atomic mass is 10.1. The molecule has 1 unspecified atom stereocenters. The number of aromatic nitrogens is 2. The fraction of sp³-hybridized carbons (Fsp3) is 0.615. The molecule has 1 saturated heterocycles. The lowest BCUT2D eigenvalue weighted by Crippen LogP contribution is -2.51. The number of halogens is 4. The van der Waals surface area contributed by atoms with Crippen molar-refractivity contribution in [1.29, 1.82) is 0 Å². The van der Waals surface area contributed by atoms with Gasteiger partial charge in [-0.1, -0.05) is 0 Å². The third-order valence-electron chi connectivity index (χ3n) is 3.45. The lowest BCUT2D eigenvalue weighted by molar-refractivity contribution is -0.142. The Kier molecular flexibility index (Phi) is 7.29. The number of alkyl halides is 3. The third-order valence-corrected chi connectivity index (χ3v) is 3.45. The summed E-state index contributed by atoms with van der Waals surface area (Å²) in [6, 6.07) is -0.00474. The third kappa shape index (κ3) is 5.53. The summed E-state index contributed by atoms with van der Waals surface area (Å²) >= 11 is 0. The minimum absolute atomic E-state index is 0. The number of rotatable bonds is 3. The van der Waals surface area contributed by atoms with Gasteiger partial charge in [-0.2, -0.15) is 18.3 Å². The number of nitrogens with zero attached hydrogens (tertiary/aromatic N) is 3. The van der Waals surface area contributed by atoms with Gasteiger partial charge in [0.2, 0.25) is 5.91 Å². The zero-order chi connectivity index (χ0) is 17.0. The summed E-state index contributed by atoms with van der Waals surface area (Å²) in [4.78, 5) is 15.1. The minimum atomic E-state index is -4.50. The Bertz CT molecular complexity index is 591. The molecule has 1 aromatic rings. The van der Waals surface area contributed by atoms with Crippen LogP contribution < -0.4 is 16.0 Å². The molecule has 1 amide bonds. The van der Waals surface area contributed by atoms with E-state index in [1.165, 1.54) is 20.3 Å². The molecular weight excluding hydrogens is 440 g/mol. The Labute approximate surface area is 154 Å². The number of hydrogen-bond donors (Lipinski definition) is 3. The highest BCUT2D eigenvalue weighted by Gasteiger charge is 2.36. The average molecular weight is 460 g/mol. The maximum atomic E-state index is 12.9. The molecule has 0 aliphatic carbocycles. The summed E-state index contributed by atoms with van der Waals surface area (Å²) in [5.74, 6) is 0.374. The average Bonchev–Trinajstić information content (AvgIpc) is 2.87. The van der Waals surface area contributed by atoms with E-state index in [9.17, 15) is 18.0 Å². The molecule has 1 fully saturated rings. The SMILES string of the molecule is CN=C(NCc1cn(C)nc1C(F)(F)F)NC1CCC(=O)NC1.I. The molecule has 2 heterocycles. The molecule has 3 N–H and O–H groups in total. The van der Waals surface area contributed by atoms with Crippen molar-refractivity contribution in [1.82, 2.24) is 25.7 Å². The smallest absolute Gasteiger partial charge is 0.354 e. The van der Waals surface area contributed by atoms with Gasteiger partial charge in [-0.05, 0) is 6.42 Å². The molecule has 0 radical (unpaired) electrons. The van der Waals surface area contributed by atoms with E-state index < -0.39 is 11.9 Å². The summed E-state index contributed by atoms with van der Waals surface area (Å²) in [7, 11) is 2.97. The topological polar surface area (TPSA) is 83.3 Å². The van der Waals surface area contributed by atoms with E-state index in [0.717, 1.165) is 4.68 Å². The highest BCUT2D eigenvalue weighted by atomic mass is 127. The van der Waals surface area contributed by atoms with Crippen LogP contribution in [-0.4, -0.2) is 41.3 Å². The van der Waals surface area contributed by atoms with Crippen LogP contribution in [-0.2, 0) is 24.6 Å². The molecule has 0 aromatic carbocycles. The number of nitrogens with one attached hydrogen (secondary N) is 3. The van der Waals surface area contributed by atoms with Crippen LogP contribution in [0, 0.1) is 0 Å².